The predicted molar refractivity (Wildman–Crippen MR) is 100 cm³/mol. The summed E-state index contributed by atoms with van der Waals surface area (Å²) in [5.41, 5.74) is 1.32. The third-order valence-corrected chi connectivity index (χ3v) is 5.14. The Balaban J connectivity index is 1.98. The van der Waals surface area contributed by atoms with Gasteiger partial charge in [0.1, 0.15) is 5.82 Å². The van der Waals surface area contributed by atoms with Crippen molar-refractivity contribution in [1.82, 2.24) is 9.55 Å². The molecule has 1 N–H and O–H groups in total. The lowest BCUT2D eigenvalue weighted by Crippen LogP contribution is -2.31. The van der Waals surface area contributed by atoms with Crippen LogP contribution < -0.4 is 5.56 Å². The van der Waals surface area contributed by atoms with Crippen LogP contribution in [0, 0.1) is 5.92 Å². The number of alkyl halides is 3. The van der Waals surface area contributed by atoms with Crippen LogP contribution in [-0.4, -0.2) is 34.1 Å². The molecule has 8 heteroatoms. The summed E-state index contributed by atoms with van der Waals surface area (Å²) in [6.07, 6.45) is -1.89. The Morgan fingerprint density at radius 3 is 2.39 bits per heavy atom. The first-order valence-corrected chi connectivity index (χ1v) is 9.16. The first-order valence-electron chi connectivity index (χ1n) is 9.16. The van der Waals surface area contributed by atoms with Crippen LogP contribution in [0.25, 0.3) is 5.69 Å². The molecule has 1 saturated carbocycles. The monoisotopic (exact) mass is 393 g/mol. The maximum atomic E-state index is 13.0. The highest BCUT2D eigenvalue weighted by molar-refractivity contribution is 5.79. The minimum Gasteiger partial charge on any atom is -0.390 e. The summed E-state index contributed by atoms with van der Waals surface area (Å²) in [5, 5.41) is 9.42. The van der Waals surface area contributed by atoms with E-state index >= 15 is 0 Å². The van der Waals surface area contributed by atoms with Gasteiger partial charge < -0.3 is 5.11 Å². The summed E-state index contributed by atoms with van der Waals surface area (Å²) in [5.74, 6) is -1.17. The zero-order chi connectivity index (χ0) is 20.3. The summed E-state index contributed by atoms with van der Waals surface area (Å²) in [7, 11) is 1.66. The predicted octanol–water partition coefficient (Wildman–Crippen LogP) is 3.61. The second-order valence-corrected chi connectivity index (χ2v) is 7.01. The molecule has 1 heterocycles. The Kier molecular flexibility index (Phi) is 5.98. The van der Waals surface area contributed by atoms with E-state index in [4.69, 9.17) is 0 Å². The first kappa shape index (κ1) is 20.3. The van der Waals surface area contributed by atoms with Gasteiger partial charge in [-0.3, -0.25) is 14.4 Å². The third kappa shape index (κ3) is 4.32. The van der Waals surface area contributed by atoms with Crippen molar-refractivity contribution in [3.8, 4) is 5.69 Å². The average Bonchev–Trinajstić information content (AvgIpc) is 2.68. The van der Waals surface area contributed by atoms with Gasteiger partial charge in [-0.05, 0) is 43.4 Å². The van der Waals surface area contributed by atoms with Crippen LogP contribution in [0.2, 0.25) is 0 Å². The number of rotatable bonds is 4. The van der Waals surface area contributed by atoms with E-state index in [9.17, 15) is 23.1 Å². The van der Waals surface area contributed by atoms with Gasteiger partial charge in [0.2, 0.25) is 0 Å². The zero-order valence-corrected chi connectivity index (χ0v) is 15.5. The molecule has 3 rings (SSSR count). The molecule has 0 aliphatic heterocycles. The largest absolute Gasteiger partial charge is 0.391 e. The van der Waals surface area contributed by atoms with Gasteiger partial charge in [0.25, 0.3) is 5.56 Å². The second-order valence-electron chi connectivity index (χ2n) is 7.01. The Hall–Kier alpha value is -2.48. The molecule has 0 saturated heterocycles. The summed E-state index contributed by atoms with van der Waals surface area (Å²) in [6.45, 7) is -0.396. The van der Waals surface area contributed by atoms with Gasteiger partial charge in [0.15, 0.2) is 0 Å². The van der Waals surface area contributed by atoms with E-state index in [1.165, 1.54) is 10.6 Å². The summed E-state index contributed by atoms with van der Waals surface area (Å²) >= 11 is 0. The van der Waals surface area contributed by atoms with Crippen LogP contribution >= 0.6 is 0 Å². The molecule has 0 atom stereocenters. The molecule has 2 aromatic rings. The van der Waals surface area contributed by atoms with Crippen LogP contribution in [0.5, 0.6) is 0 Å². The van der Waals surface area contributed by atoms with E-state index in [0.717, 1.165) is 5.56 Å². The van der Waals surface area contributed by atoms with Gasteiger partial charge >= 0.3 is 6.18 Å². The van der Waals surface area contributed by atoms with Crippen LogP contribution in [0.4, 0.5) is 13.2 Å². The van der Waals surface area contributed by atoms with Gasteiger partial charge in [-0.25, -0.2) is 4.98 Å². The topological polar surface area (TPSA) is 67.5 Å². The molecule has 0 amide bonds. The standard InChI is InChI=1S/C20H22F3N3O2/c1-24-11-13-2-8-17(9-3-13)26-18(28)10-16(12-27)25-19(26)14-4-6-15(7-5-14)20(21,22)23/h2-3,8-11,14-15,27H,4-7,12H2,1H3. The van der Waals surface area contributed by atoms with E-state index in [-0.39, 0.29) is 30.0 Å². The number of hydrogen-bond donors (Lipinski definition) is 1. The van der Waals surface area contributed by atoms with Crippen molar-refractivity contribution in [2.24, 2.45) is 10.9 Å². The highest BCUT2D eigenvalue weighted by Crippen LogP contribution is 2.42. The first-order chi connectivity index (χ1) is 13.3. The lowest BCUT2D eigenvalue weighted by Gasteiger charge is -2.30. The lowest BCUT2D eigenvalue weighted by atomic mass is 9.81. The molecule has 1 aromatic carbocycles. The maximum absolute atomic E-state index is 13.0. The molecule has 5 nitrogen and oxygen atoms in total. The maximum Gasteiger partial charge on any atom is 0.391 e. The number of halogens is 3. The summed E-state index contributed by atoms with van der Waals surface area (Å²) in [6, 6.07) is 8.37. The van der Waals surface area contributed by atoms with E-state index in [2.05, 4.69) is 9.98 Å². The highest BCUT2D eigenvalue weighted by atomic mass is 19.4. The normalized spacial score (nSPS) is 20.6. The molecule has 1 fully saturated rings. The van der Waals surface area contributed by atoms with Gasteiger partial charge in [-0.2, -0.15) is 13.2 Å². The molecule has 0 unspecified atom stereocenters. The number of aromatic nitrogens is 2. The fourth-order valence-corrected chi connectivity index (χ4v) is 3.70. The van der Waals surface area contributed by atoms with E-state index in [1.54, 1.807) is 37.5 Å². The van der Waals surface area contributed by atoms with E-state index < -0.39 is 18.7 Å². The highest BCUT2D eigenvalue weighted by Gasteiger charge is 2.42. The quantitative estimate of drug-likeness (QED) is 0.807. The van der Waals surface area contributed by atoms with Crippen molar-refractivity contribution < 1.29 is 18.3 Å². The van der Waals surface area contributed by atoms with Crippen molar-refractivity contribution in [3.05, 3.63) is 57.8 Å². The second kappa shape index (κ2) is 8.26. The Morgan fingerprint density at radius 2 is 1.86 bits per heavy atom. The van der Waals surface area contributed by atoms with Crippen molar-refractivity contribution in [3.63, 3.8) is 0 Å². The average molecular weight is 393 g/mol. The van der Waals surface area contributed by atoms with Gasteiger partial charge in [0.05, 0.1) is 23.9 Å². The molecular formula is C20H22F3N3O2. The van der Waals surface area contributed by atoms with Crippen LogP contribution in [0.3, 0.4) is 0 Å². The number of nitrogens with zero attached hydrogens (tertiary/aromatic N) is 3. The minimum atomic E-state index is -4.19. The number of aliphatic hydroxyl groups excluding tert-OH is 1. The molecule has 1 aliphatic carbocycles. The molecule has 1 aromatic heterocycles. The van der Waals surface area contributed by atoms with Gasteiger partial charge in [0, 0.05) is 25.2 Å². The van der Waals surface area contributed by atoms with Crippen molar-refractivity contribution in [2.45, 2.75) is 44.4 Å². The van der Waals surface area contributed by atoms with Crippen molar-refractivity contribution >= 4 is 6.21 Å². The molecule has 28 heavy (non-hydrogen) atoms. The number of aliphatic hydroxyl groups is 1. The van der Waals surface area contributed by atoms with Crippen LogP contribution in [0.1, 0.15) is 48.7 Å². The number of aliphatic imine (C=N–C) groups is 1. The zero-order valence-electron chi connectivity index (χ0n) is 15.5. The van der Waals surface area contributed by atoms with Crippen LogP contribution in [-0.2, 0) is 6.61 Å². The minimum absolute atomic E-state index is 0.0132. The number of hydrogen-bond acceptors (Lipinski definition) is 4. The number of benzene rings is 1. The summed E-state index contributed by atoms with van der Waals surface area (Å²) in [4.78, 5) is 21.0. The van der Waals surface area contributed by atoms with Gasteiger partial charge in [-0.1, -0.05) is 12.1 Å². The lowest BCUT2D eigenvalue weighted by molar-refractivity contribution is -0.182. The van der Waals surface area contributed by atoms with E-state index in [1.807, 2.05) is 0 Å². The van der Waals surface area contributed by atoms with Gasteiger partial charge in [-0.15, -0.1) is 0 Å². The molecule has 150 valence electrons. The fraction of sp³-hybridized carbons (Fsp3) is 0.450. The van der Waals surface area contributed by atoms with Crippen LogP contribution in [0.15, 0.2) is 40.1 Å². The molecular weight excluding hydrogens is 371 g/mol. The molecule has 1 aliphatic rings. The fourth-order valence-electron chi connectivity index (χ4n) is 3.70. The Bertz CT molecular complexity index is 896. The molecule has 0 bridgehead atoms. The SMILES string of the molecule is CN=Cc1ccc(-n2c(C3CCC(C(F)(F)F)CC3)nc(CO)cc2=O)cc1. The molecule has 0 radical (unpaired) electrons. The van der Waals surface area contributed by atoms with Crippen molar-refractivity contribution in [2.75, 3.05) is 7.05 Å². The van der Waals surface area contributed by atoms with E-state index in [0.29, 0.717) is 24.4 Å². The summed E-state index contributed by atoms with van der Waals surface area (Å²) < 4.78 is 40.4. The smallest absolute Gasteiger partial charge is 0.390 e. The Labute approximate surface area is 160 Å². The van der Waals surface area contributed by atoms with Crippen molar-refractivity contribution in [1.29, 1.82) is 0 Å². The molecule has 0 spiro atoms. The third-order valence-electron chi connectivity index (χ3n) is 5.14. The Morgan fingerprint density at radius 1 is 1.21 bits per heavy atom.